The number of carbonyl (C=O) groups is 2. The lowest BCUT2D eigenvalue weighted by molar-refractivity contribution is -0.115. The summed E-state index contributed by atoms with van der Waals surface area (Å²) in [5.74, 6) is 0.604. The Morgan fingerprint density at radius 3 is 2.64 bits per heavy atom. The summed E-state index contributed by atoms with van der Waals surface area (Å²) in [4.78, 5) is 29.5. The summed E-state index contributed by atoms with van der Waals surface area (Å²) in [6.45, 7) is 4.06. The third kappa shape index (κ3) is 5.52. The number of hydrogen-bond acceptors (Lipinski definition) is 3. The third-order valence-electron chi connectivity index (χ3n) is 5.87. The van der Waals surface area contributed by atoms with E-state index in [1.165, 1.54) is 5.56 Å². The molecule has 170 valence electrons. The van der Waals surface area contributed by atoms with Gasteiger partial charge in [0.25, 0.3) is 0 Å². The molecule has 0 aromatic heterocycles. The quantitative estimate of drug-likeness (QED) is 0.558. The van der Waals surface area contributed by atoms with E-state index in [4.69, 9.17) is 4.74 Å². The predicted molar refractivity (Wildman–Crippen MR) is 131 cm³/mol. The lowest BCUT2D eigenvalue weighted by Crippen LogP contribution is -2.49. The third-order valence-corrected chi connectivity index (χ3v) is 5.87. The van der Waals surface area contributed by atoms with Gasteiger partial charge in [0.1, 0.15) is 5.75 Å². The van der Waals surface area contributed by atoms with E-state index in [9.17, 15) is 9.59 Å². The molecule has 0 spiro atoms. The summed E-state index contributed by atoms with van der Waals surface area (Å²) in [6, 6.07) is 23.1. The highest BCUT2D eigenvalue weighted by Crippen LogP contribution is 2.25. The monoisotopic (exact) mass is 443 g/mol. The van der Waals surface area contributed by atoms with Gasteiger partial charge in [0.2, 0.25) is 5.91 Å². The normalized spacial score (nSPS) is 13.7. The standard InChI is InChI=1S/C27H29N3O3/c1-20-8-3-4-10-22(20)19-29-14-7-15-30(27(29)32)24-12-6-11-23(18-24)28-26(31)17-21-9-5-13-25(16-21)33-2/h3-6,8-13,16,18H,7,14-15,17,19H2,1-2H3,(H,28,31). The number of ether oxygens (including phenoxy) is 1. The fourth-order valence-corrected chi connectivity index (χ4v) is 4.09. The smallest absolute Gasteiger partial charge is 0.324 e. The molecule has 3 amide bonds. The number of rotatable bonds is 7. The minimum atomic E-state index is -0.119. The van der Waals surface area contributed by atoms with Crippen molar-refractivity contribution in [2.45, 2.75) is 26.3 Å². The van der Waals surface area contributed by atoms with Crippen molar-refractivity contribution in [2.75, 3.05) is 30.4 Å². The Morgan fingerprint density at radius 1 is 1.00 bits per heavy atom. The highest BCUT2D eigenvalue weighted by molar-refractivity contribution is 5.96. The second kappa shape index (κ2) is 10.2. The molecule has 1 fully saturated rings. The molecule has 1 aliphatic rings. The van der Waals surface area contributed by atoms with Crippen LogP contribution in [0.15, 0.2) is 72.8 Å². The number of urea groups is 1. The van der Waals surface area contributed by atoms with Crippen molar-refractivity contribution in [3.63, 3.8) is 0 Å². The molecule has 1 aliphatic heterocycles. The number of carbonyl (C=O) groups excluding carboxylic acids is 2. The number of aryl methyl sites for hydroxylation is 1. The largest absolute Gasteiger partial charge is 0.497 e. The van der Waals surface area contributed by atoms with Gasteiger partial charge >= 0.3 is 6.03 Å². The number of hydrogen-bond donors (Lipinski definition) is 1. The molecule has 3 aromatic carbocycles. The van der Waals surface area contributed by atoms with E-state index in [0.717, 1.165) is 35.5 Å². The molecule has 33 heavy (non-hydrogen) atoms. The van der Waals surface area contributed by atoms with E-state index < -0.39 is 0 Å². The second-order valence-electron chi connectivity index (χ2n) is 8.26. The molecular weight excluding hydrogens is 414 g/mol. The molecule has 0 atom stereocenters. The molecule has 1 saturated heterocycles. The lowest BCUT2D eigenvalue weighted by Gasteiger charge is -2.36. The second-order valence-corrected chi connectivity index (χ2v) is 8.26. The van der Waals surface area contributed by atoms with Crippen molar-refractivity contribution >= 4 is 23.3 Å². The van der Waals surface area contributed by atoms with Gasteiger partial charge in [-0.25, -0.2) is 4.79 Å². The maximum atomic E-state index is 13.2. The van der Waals surface area contributed by atoms with Crippen LogP contribution in [0.5, 0.6) is 5.75 Å². The minimum Gasteiger partial charge on any atom is -0.497 e. The zero-order chi connectivity index (χ0) is 23.2. The molecule has 1 heterocycles. The predicted octanol–water partition coefficient (Wildman–Crippen LogP) is 5.02. The number of amides is 3. The van der Waals surface area contributed by atoms with E-state index in [0.29, 0.717) is 18.8 Å². The molecule has 0 bridgehead atoms. The zero-order valence-electron chi connectivity index (χ0n) is 19.1. The molecular formula is C27H29N3O3. The van der Waals surface area contributed by atoms with Crippen molar-refractivity contribution < 1.29 is 14.3 Å². The zero-order valence-corrected chi connectivity index (χ0v) is 19.1. The van der Waals surface area contributed by atoms with Crippen LogP contribution in [0.1, 0.15) is 23.1 Å². The Hall–Kier alpha value is -3.80. The summed E-state index contributed by atoms with van der Waals surface area (Å²) in [6.07, 6.45) is 1.14. The maximum Gasteiger partial charge on any atom is 0.324 e. The van der Waals surface area contributed by atoms with E-state index in [1.54, 1.807) is 12.0 Å². The Balaban J connectivity index is 1.43. The Bertz CT molecular complexity index is 1140. The van der Waals surface area contributed by atoms with E-state index >= 15 is 0 Å². The SMILES string of the molecule is COc1cccc(CC(=O)Nc2cccc(N3CCCN(Cc4ccccc4C)C3=O)c2)c1. The van der Waals surface area contributed by atoms with Crippen LogP contribution >= 0.6 is 0 Å². The fraction of sp³-hybridized carbons (Fsp3) is 0.259. The topological polar surface area (TPSA) is 61.9 Å². The van der Waals surface area contributed by atoms with Crippen molar-refractivity contribution in [1.29, 1.82) is 0 Å². The van der Waals surface area contributed by atoms with Crippen LogP contribution in [0.2, 0.25) is 0 Å². The highest BCUT2D eigenvalue weighted by atomic mass is 16.5. The summed E-state index contributed by atoms with van der Waals surface area (Å²) in [5, 5.41) is 2.95. The molecule has 0 saturated carbocycles. The molecule has 0 radical (unpaired) electrons. The van der Waals surface area contributed by atoms with Gasteiger partial charge in [0.05, 0.1) is 13.5 Å². The number of methoxy groups -OCH3 is 1. The molecule has 4 rings (SSSR count). The molecule has 0 aliphatic carbocycles. The van der Waals surface area contributed by atoms with Crippen LogP contribution in [-0.2, 0) is 17.8 Å². The molecule has 1 N–H and O–H groups in total. The number of nitrogens with one attached hydrogen (secondary N) is 1. The van der Waals surface area contributed by atoms with Crippen LogP contribution in [0.3, 0.4) is 0 Å². The van der Waals surface area contributed by atoms with Crippen LogP contribution < -0.4 is 15.0 Å². The van der Waals surface area contributed by atoms with Gasteiger partial charge in [-0.2, -0.15) is 0 Å². The van der Waals surface area contributed by atoms with Gasteiger partial charge in [-0.1, -0.05) is 42.5 Å². The summed E-state index contributed by atoms with van der Waals surface area (Å²) in [5.41, 5.74) is 4.67. The van der Waals surface area contributed by atoms with Gasteiger partial charge in [0.15, 0.2) is 0 Å². The Kier molecular flexibility index (Phi) is 6.93. The Labute approximate surface area is 194 Å². The number of nitrogens with zero attached hydrogens (tertiary/aromatic N) is 2. The molecule has 0 unspecified atom stereocenters. The molecule has 6 heteroatoms. The van der Waals surface area contributed by atoms with E-state index in [1.807, 2.05) is 65.6 Å². The van der Waals surface area contributed by atoms with Crippen molar-refractivity contribution in [1.82, 2.24) is 4.90 Å². The summed E-state index contributed by atoms with van der Waals surface area (Å²) < 4.78 is 5.23. The summed E-state index contributed by atoms with van der Waals surface area (Å²) >= 11 is 0. The maximum absolute atomic E-state index is 13.2. The minimum absolute atomic E-state index is 0.00985. The first kappa shape index (κ1) is 22.4. The number of benzene rings is 3. The average molecular weight is 444 g/mol. The van der Waals surface area contributed by atoms with Gasteiger partial charge in [-0.05, 0) is 60.4 Å². The van der Waals surface area contributed by atoms with Crippen LogP contribution in [-0.4, -0.2) is 37.0 Å². The number of anilines is 2. The lowest BCUT2D eigenvalue weighted by atomic mass is 10.1. The van der Waals surface area contributed by atoms with Crippen molar-refractivity contribution in [3.8, 4) is 5.75 Å². The first-order valence-electron chi connectivity index (χ1n) is 11.2. The fourth-order valence-electron chi connectivity index (χ4n) is 4.09. The van der Waals surface area contributed by atoms with Gasteiger partial charge in [-0.15, -0.1) is 0 Å². The van der Waals surface area contributed by atoms with Gasteiger partial charge in [-0.3, -0.25) is 9.69 Å². The van der Waals surface area contributed by atoms with E-state index in [2.05, 4.69) is 24.4 Å². The Morgan fingerprint density at radius 2 is 1.82 bits per heavy atom. The molecule has 3 aromatic rings. The first-order valence-corrected chi connectivity index (χ1v) is 11.2. The van der Waals surface area contributed by atoms with Crippen molar-refractivity contribution in [3.05, 3.63) is 89.5 Å². The van der Waals surface area contributed by atoms with Gasteiger partial charge < -0.3 is 15.0 Å². The van der Waals surface area contributed by atoms with Crippen molar-refractivity contribution in [2.24, 2.45) is 0 Å². The first-order chi connectivity index (χ1) is 16.0. The summed E-state index contributed by atoms with van der Waals surface area (Å²) in [7, 11) is 1.61. The molecule has 6 nitrogen and oxygen atoms in total. The van der Waals surface area contributed by atoms with Crippen LogP contribution in [0.25, 0.3) is 0 Å². The van der Waals surface area contributed by atoms with Gasteiger partial charge in [0, 0.05) is 31.0 Å². The van der Waals surface area contributed by atoms with Crippen LogP contribution in [0, 0.1) is 6.92 Å². The van der Waals surface area contributed by atoms with E-state index in [-0.39, 0.29) is 18.4 Å². The average Bonchev–Trinajstić information content (AvgIpc) is 2.82. The highest BCUT2D eigenvalue weighted by Gasteiger charge is 2.27. The van der Waals surface area contributed by atoms with Crippen LogP contribution in [0.4, 0.5) is 16.2 Å².